The lowest BCUT2D eigenvalue weighted by Crippen LogP contribution is -2.10. The van der Waals surface area contributed by atoms with Crippen LogP contribution in [-0.2, 0) is 19.4 Å². The van der Waals surface area contributed by atoms with Gasteiger partial charge in [0.1, 0.15) is 0 Å². The van der Waals surface area contributed by atoms with Crippen molar-refractivity contribution in [3.05, 3.63) is 0 Å². The Kier molecular flexibility index (Phi) is 6.96. The molecule has 0 heterocycles. The lowest BCUT2D eigenvalue weighted by molar-refractivity contribution is -0.259. The third kappa shape index (κ3) is 7.31. The largest absolute Gasteiger partial charge is 0.355 e. The van der Waals surface area contributed by atoms with Crippen molar-refractivity contribution in [1.82, 2.24) is 0 Å². The van der Waals surface area contributed by atoms with Crippen LogP contribution in [0.5, 0.6) is 0 Å². The van der Waals surface area contributed by atoms with Gasteiger partial charge in [-0.3, -0.25) is 0 Å². The second-order valence-electron chi connectivity index (χ2n) is 2.76. The normalized spacial score (nSPS) is 9.38. The van der Waals surface area contributed by atoms with Crippen molar-refractivity contribution in [2.45, 2.75) is 46.0 Å². The minimum atomic E-state index is -0.493. The van der Waals surface area contributed by atoms with E-state index in [0.717, 1.165) is 12.8 Å². The monoisotopic (exact) mass is 188 g/mol. The van der Waals surface area contributed by atoms with E-state index in [2.05, 4.69) is 9.78 Å². The fourth-order valence-corrected chi connectivity index (χ4v) is 0.702. The van der Waals surface area contributed by atoms with Crippen molar-refractivity contribution in [3.63, 3.8) is 0 Å². The number of carbonyl (C=O) groups excluding carboxylic acids is 2. The summed E-state index contributed by atoms with van der Waals surface area (Å²) in [6.45, 7) is 3.82. The maximum atomic E-state index is 10.8. The van der Waals surface area contributed by atoms with Gasteiger partial charge in [0, 0.05) is 6.42 Å². The predicted octanol–water partition coefficient (Wildman–Crippen LogP) is 1.98. The van der Waals surface area contributed by atoms with Gasteiger partial charge in [0.2, 0.25) is 0 Å². The van der Waals surface area contributed by atoms with Gasteiger partial charge < -0.3 is 0 Å². The molecule has 0 N–H and O–H groups in total. The molecular formula is C9H16O4. The number of unbranched alkanes of at least 4 members (excludes halogenated alkanes) is 1. The highest BCUT2D eigenvalue weighted by atomic mass is 17.2. The Morgan fingerprint density at radius 1 is 0.923 bits per heavy atom. The van der Waals surface area contributed by atoms with Crippen molar-refractivity contribution in [3.8, 4) is 0 Å². The zero-order valence-electron chi connectivity index (χ0n) is 8.17. The molecular weight excluding hydrogens is 172 g/mol. The van der Waals surface area contributed by atoms with Crippen LogP contribution in [0.1, 0.15) is 46.0 Å². The first-order valence-corrected chi connectivity index (χ1v) is 4.60. The van der Waals surface area contributed by atoms with E-state index in [9.17, 15) is 9.59 Å². The standard InChI is InChI=1S/C9H16O4/c1-3-5-7-9(11)13-12-8(10)6-4-2/h3-7H2,1-2H3. The Morgan fingerprint density at radius 2 is 1.46 bits per heavy atom. The summed E-state index contributed by atoms with van der Waals surface area (Å²) in [5.74, 6) is -0.973. The molecule has 0 fully saturated rings. The molecule has 0 aromatic rings. The van der Waals surface area contributed by atoms with E-state index in [1.54, 1.807) is 0 Å². The van der Waals surface area contributed by atoms with Crippen LogP contribution in [-0.4, -0.2) is 11.9 Å². The summed E-state index contributed by atoms with van der Waals surface area (Å²) in [7, 11) is 0. The van der Waals surface area contributed by atoms with Crippen molar-refractivity contribution in [1.29, 1.82) is 0 Å². The first kappa shape index (κ1) is 11.9. The average Bonchev–Trinajstić information content (AvgIpc) is 2.12. The fourth-order valence-electron chi connectivity index (χ4n) is 0.702. The van der Waals surface area contributed by atoms with E-state index in [-0.39, 0.29) is 6.42 Å². The molecule has 0 bridgehead atoms. The Bertz CT molecular complexity index is 165. The van der Waals surface area contributed by atoms with E-state index in [1.807, 2.05) is 13.8 Å². The highest BCUT2D eigenvalue weighted by Gasteiger charge is 2.07. The zero-order valence-corrected chi connectivity index (χ0v) is 8.17. The summed E-state index contributed by atoms with van der Waals surface area (Å²) >= 11 is 0. The van der Waals surface area contributed by atoms with Crippen LogP contribution in [0.25, 0.3) is 0 Å². The van der Waals surface area contributed by atoms with Crippen LogP contribution < -0.4 is 0 Å². The molecule has 0 aliphatic rings. The van der Waals surface area contributed by atoms with Gasteiger partial charge in [0.15, 0.2) is 0 Å². The Balaban J connectivity index is 3.40. The fraction of sp³-hybridized carbons (Fsp3) is 0.778. The van der Waals surface area contributed by atoms with Crippen LogP contribution in [0.2, 0.25) is 0 Å². The highest BCUT2D eigenvalue weighted by molar-refractivity contribution is 5.72. The van der Waals surface area contributed by atoms with Gasteiger partial charge >= 0.3 is 11.9 Å². The third-order valence-corrected chi connectivity index (χ3v) is 1.42. The lowest BCUT2D eigenvalue weighted by atomic mass is 10.3. The molecule has 0 aliphatic carbocycles. The maximum absolute atomic E-state index is 10.8. The predicted molar refractivity (Wildman–Crippen MR) is 46.6 cm³/mol. The van der Waals surface area contributed by atoms with E-state index in [0.29, 0.717) is 12.8 Å². The number of rotatable bonds is 5. The molecule has 0 unspecified atom stereocenters. The van der Waals surface area contributed by atoms with Gasteiger partial charge in [0.05, 0.1) is 6.42 Å². The molecule has 76 valence electrons. The van der Waals surface area contributed by atoms with Crippen molar-refractivity contribution in [2.24, 2.45) is 0 Å². The van der Waals surface area contributed by atoms with E-state index in [1.165, 1.54) is 0 Å². The molecule has 4 nitrogen and oxygen atoms in total. The summed E-state index contributed by atoms with van der Waals surface area (Å²) < 4.78 is 0. The summed E-state index contributed by atoms with van der Waals surface area (Å²) in [5, 5.41) is 0. The summed E-state index contributed by atoms with van der Waals surface area (Å²) in [6.07, 6.45) is 2.93. The molecule has 0 aromatic carbocycles. The van der Waals surface area contributed by atoms with Crippen LogP contribution in [0.4, 0.5) is 0 Å². The third-order valence-electron chi connectivity index (χ3n) is 1.42. The smallest absolute Gasteiger partial charge is 0.247 e. The summed E-state index contributed by atoms with van der Waals surface area (Å²) in [4.78, 5) is 30.1. The summed E-state index contributed by atoms with van der Waals surface area (Å²) in [5.41, 5.74) is 0. The van der Waals surface area contributed by atoms with Crippen molar-refractivity contribution in [2.75, 3.05) is 0 Å². The van der Waals surface area contributed by atoms with Gasteiger partial charge in [0.25, 0.3) is 0 Å². The number of hydrogen-bond acceptors (Lipinski definition) is 4. The molecule has 0 aliphatic heterocycles. The first-order chi connectivity index (χ1) is 6.20. The van der Waals surface area contributed by atoms with Crippen molar-refractivity contribution < 1.29 is 19.4 Å². The van der Waals surface area contributed by atoms with Gasteiger partial charge in [-0.2, -0.15) is 0 Å². The van der Waals surface area contributed by atoms with E-state index in [4.69, 9.17) is 0 Å². The highest BCUT2D eigenvalue weighted by Crippen LogP contribution is 1.98. The van der Waals surface area contributed by atoms with E-state index >= 15 is 0 Å². The lowest BCUT2D eigenvalue weighted by Gasteiger charge is -2.01. The molecule has 0 aromatic heterocycles. The van der Waals surface area contributed by atoms with E-state index < -0.39 is 11.9 Å². The topological polar surface area (TPSA) is 52.6 Å². The van der Waals surface area contributed by atoms with Gasteiger partial charge in [-0.05, 0) is 12.8 Å². The molecule has 0 amide bonds. The minimum absolute atomic E-state index is 0.279. The molecule has 0 saturated carbocycles. The summed E-state index contributed by atoms with van der Waals surface area (Å²) in [6, 6.07) is 0. The molecule has 0 atom stereocenters. The van der Waals surface area contributed by atoms with Crippen LogP contribution in [0.3, 0.4) is 0 Å². The molecule has 0 spiro atoms. The Hall–Kier alpha value is -1.06. The second kappa shape index (κ2) is 7.58. The van der Waals surface area contributed by atoms with Crippen molar-refractivity contribution >= 4 is 11.9 Å². The van der Waals surface area contributed by atoms with Crippen LogP contribution in [0.15, 0.2) is 0 Å². The second-order valence-corrected chi connectivity index (χ2v) is 2.76. The molecule has 0 saturated heterocycles. The first-order valence-electron chi connectivity index (χ1n) is 4.60. The SMILES string of the molecule is CCCCC(=O)OOC(=O)CCC. The quantitative estimate of drug-likeness (QED) is 0.489. The van der Waals surface area contributed by atoms with Gasteiger partial charge in [-0.15, -0.1) is 0 Å². The maximum Gasteiger partial charge on any atom is 0.355 e. The van der Waals surface area contributed by atoms with Gasteiger partial charge in [-0.25, -0.2) is 19.4 Å². The van der Waals surface area contributed by atoms with Gasteiger partial charge in [-0.1, -0.05) is 20.3 Å². The Morgan fingerprint density at radius 3 is 1.92 bits per heavy atom. The molecule has 13 heavy (non-hydrogen) atoms. The number of carbonyl (C=O) groups is 2. The molecule has 4 heteroatoms. The van der Waals surface area contributed by atoms with Crippen LogP contribution in [0, 0.1) is 0 Å². The number of hydrogen-bond donors (Lipinski definition) is 0. The van der Waals surface area contributed by atoms with Crippen LogP contribution >= 0.6 is 0 Å². The average molecular weight is 188 g/mol. The molecule has 0 radical (unpaired) electrons. The zero-order chi connectivity index (χ0) is 10.1. The minimum Gasteiger partial charge on any atom is -0.247 e. The Labute approximate surface area is 78.1 Å². The molecule has 0 rings (SSSR count).